The number of hydrogen-bond donors (Lipinski definition) is 0. The molecule has 0 N–H and O–H groups in total. The van der Waals surface area contributed by atoms with E-state index in [9.17, 15) is 4.79 Å². The molecular formula is C11H4Br3ClOS. The average Bonchev–Trinajstić information content (AvgIpc) is 2.55. The van der Waals surface area contributed by atoms with Crippen LogP contribution in [0.1, 0.15) is 15.9 Å². The number of carbonyl (C=O) groups excluding carboxylic acids is 1. The van der Waals surface area contributed by atoms with Gasteiger partial charge in [-0.15, -0.1) is 11.3 Å². The van der Waals surface area contributed by atoms with E-state index in [4.69, 9.17) is 11.6 Å². The number of hydrogen-bond acceptors (Lipinski definition) is 2. The molecule has 1 aromatic heterocycles. The van der Waals surface area contributed by atoms with Crippen LogP contribution in [0.4, 0.5) is 0 Å². The molecule has 0 radical (unpaired) electrons. The van der Waals surface area contributed by atoms with Gasteiger partial charge in [0.15, 0.2) is 5.78 Å². The standard InChI is InChI=1S/C11H4Br3ClOS/c12-6-1-5(2-7(15)3-6)10(16)8-4-9(13)17-11(8)14/h1-4H. The third-order valence-electron chi connectivity index (χ3n) is 2.03. The molecule has 2 aromatic rings. The highest BCUT2D eigenvalue weighted by atomic mass is 79.9. The van der Waals surface area contributed by atoms with E-state index >= 15 is 0 Å². The van der Waals surface area contributed by atoms with Gasteiger partial charge >= 0.3 is 0 Å². The molecule has 1 nitrogen and oxygen atoms in total. The number of halogens is 4. The maximum Gasteiger partial charge on any atom is 0.195 e. The molecule has 0 atom stereocenters. The molecule has 6 heteroatoms. The number of ketones is 1. The van der Waals surface area contributed by atoms with Crippen molar-refractivity contribution < 1.29 is 4.79 Å². The highest BCUT2D eigenvalue weighted by molar-refractivity contribution is 9.12. The summed E-state index contributed by atoms with van der Waals surface area (Å²) in [5.74, 6) is -0.0537. The zero-order valence-corrected chi connectivity index (χ0v) is 14.5. The molecular weight excluding hydrogens is 455 g/mol. The van der Waals surface area contributed by atoms with Crippen LogP contribution in [0.5, 0.6) is 0 Å². The van der Waals surface area contributed by atoms with Crippen molar-refractivity contribution in [2.45, 2.75) is 0 Å². The summed E-state index contributed by atoms with van der Waals surface area (Å²) < 4.78 is 2.51. The van der Waals surface area contributed by atoms with Gasteiger partial charge in [0.25, 0.3) is 0 Å². The Morgan fingerprint density at radius 3 is 2.35 bits per heavy atom. The molecule has 1 heterocycles. The van der Waals surface area contributed by atoms with Crippen LogP contribution in [0.2, 0.25) is 5.02 Å². The molecule has 0 spiro atoms. The Morgan fingerprint density at radius 1 is 1.12 bits per heavy atom. The summed E-state index contributed by atoms with van der Waals surface area (Å²) in [5, 5.41) is 0.535. The minimum absolute atomic E-state index is 0.0537. The summed E-state index contributed by atoms with van der Waals surface area (Å²) in [7, 11) is 0. The van der Waals surface area contributed by atoms with Crippen LogP contribution in [-0.2, 0) is 0 Å². The minimum Gasteiger partial charge on any atom is -0.289 e. The average molecular weight is 459 g/mol. The van der Waals surface area contributed by atoms with Gasteiger partial charge in [-0.25, -0.2) is 0 Å². The van der Waals surface area contributed by atoms with Crippen molar-refractivity contribution in [3.05, 3.63) is 52.5 Å². The fraction of sp³-hybridized carbons (Fsp3) is 0. The Morgan fingerprint density at radius 2 is 1.82 bits per heavy atom. The highest BCUT2D eigenvalue weighted by Gasteiger charge is 2.16. The van der Waals surface area contributed by atoms with Gasteiger partial charge in [-0.3, -0.25) is 4.79 Å². The molecule has 0 unspecified atom stereocenters. The number of benzene rings is 1. The quantitative estimate of drug-likeness (QED) is 0.510. The van der Waals surface area contributed by atoms with Crippen molar-refractivity contribution in [1.82, 2.24) is 0 Å². The lowest BCUT2D eigenvalue weighted by Crippen LogP contribution is -2.00. The molecule has 17 heavy (non-hydrogen) atoms. The van der Waals surface area contributed by atoms with Crippen LogP contribution < -0.4 is 0 Å². The van der Waals surface area contributed by atoms with Crippen molar-refractivity contribution in [2.75, 3.05) is 0 Å². The zero-order chi connectivity index (χ0) is 12.6. The van der Waals surface area contributed by atoms with Crippen LogP contribution in [0.15, 0.2) is 36.3 Å². The lowest BCUT2D eigenvalue weighted by Gasteiger charge is -2.01. The Kier molecular flexibility index (Phi) is 4.47. The number of thiophene rings is 1. The zero-order valence-electron chi connectivity index (χ0n) is 8.14. The molecule has 2 rings (SSSR count). The van der Waals surface area contributed by atoms with Crippen LogP contribution in [0, 0.1) is 0 Å². The molecule has 0 saturated carbocycles. The fourth-order valence-electron chi connectivity index (χ4n) is 1.34. The smallest absolute Gasteiger partial charge is 0.195 e. The van der Waals surface area contributed by atoms with Gasteiger partial charge in [-0.05, 0) is 56.1 Å². The van der Waals surface area contributed by atoms with Crippen molar-refractivity contribution in [1.29, 1.82) is 0 Å². The second-order valence-corrected chi connectivity index (χ2v) is 8.33. The van der Waals surface area contributed by atoms with E-state index in [-0.39, 0.29) is 5.78 Å². The summed E-state index contributed by atoms with van der Waals surface area (Å²) in [6.45, 7) is 0. The van der Waals surface area contributed by atoms with Crippen LogP contribution >= 0.6 is 70.7 Å². The van der Waals surface area contributed by atoms with E-state index in [0.717, 1.165) is 12.0 Å². The summed E-state index contributed by atoms with van der Waals surface area (Å²) in [6.07, 6.45) is 0. The van der Waals surface area contributed by atoms with Crippen molar-refractivity contribution >= 4 is 76.5 Å². The molecule has 0 aliphatic rings. The minimum atomic E-state index is -0.0537. The van der Waals surface area contributed by atoms with Gasteiger partial charge in [-0.1, -0.05) is 27.5 Å². The molecule has 1 aromatic carbocycles. The van der Waals surface area contributed by atoms with Crippen molar-refractivity contribution in [3.63, 3.8) is 0 Å². The second-order valence-electron chi connectivity index (χ2n) is 3.23. The summed E-state index contributed by atoms with van der Waals surface area (Å²) in [6, 6.07) is 6.96. The van der Waals surface area contributed by atoms with Gasteiger partial charge < -0.3 is 0 Å². The first-order valence-electron chi connectivity index (χ1n) is 4.43. The number of rotatable bonds is 2. The predicted octanol–water partition coefficient (Wildman–Crippen LogP) is 5.92. The molecule has 0 amide bonds. The summed E-state index contributed by atoms with van der Waals surface area (Å²) >= 11 is 17.4. The van der Waals surface area contributed by atoms with Crippen LogP contribution in [-0.4, -0.2) is 5.78 Å². The van der Waals surface area contributed by atoms with E-state index in [2.05, 4.69) is 47.8 Å². The Balaban J connectivity index is 2.47. The first-order valence-corrected chi connectivity index (χ1v) is 8.00. The van der Waals surface area contributed by atoms with E-state index in [1.165, 1.54) is 11.3 Å². The Hall–Kier alpha value is 0.320. The first kappa shape index (κ1) is 13.7. The Bertz CT molecular complexity index is 574. The van der Waals surface area contributed by atoms with Gasteiger partial charge in [0.05, 0.1) is 7.57 Å². The third-order valence-corrected chi connectivity index (χ3v) is 5.04. The SMILES string of the molecule is O=C(c1cc(Cl)cc(Br)c1)c1cc(Br)sc1Br. The molecule has 88 valence electrons. The van der Waals surface area contributed by atoms with E-state index in [1.807, 2.05) is 0 Å². The van der Waals surface area contributed by atoms with E-state index in [1.54, 1.807) is 24.3 Å². The maximum atomic E-state index is 12.3. The molecule has 0 saturated heterocycles. The van der Waals surface area contributed by atoms with E-state index < -0.39 is 0 Å². The van der Waals surface area contributed by atoms with Crippen LogP contribution in [0.3, 0.4) is 0 Å². The van der Waals surface area contributed by atoms with Gasteiger partial charge in [0.2, 0.25) is 0 Å². The van der Waals surface area contributed by atoms with E-state index in [0.29, 0.717) is 16.1 Å². The van der Waals surface area contributed by atoms with Crippen molar-refractivity contribution in [2.24, 2.45) is 0 Å². The normalized spacial score (nSPS) is 10.6. The molecule has 0 bridgehead atoms. The molecule has 0 fully saturated rings. The monoisotopic (exact) mass is 456 g/mol. The fourth-order valence-corrected chi connectivity index (χ4v) is 4.99. The highest BCUT2D eigenvalue weighted by Crippen LogP contribution is 2.34. The summed E-state index contributed by atoms with van der Waals surface area (Å²) in [4.78, 5) is 12.3. The first-order chi connectivity index (χ1) is 7.97. The largest absolute Gasteiger partial charge is 0.289 e. The second kappa shape index (κ2) is 5.53. The number of carbonyl (C=O) groups is 1. The maximum absolute atomic E-state index is 12.3. The van der Waals surface area contributed by atoms with Gasteiger partial charge in [0, 0.05) is 20.6 Å². The van der Waals surface area contributed by atoms with Gasteiger partial charge in [0.1, 0.15) is 0 Å². The predicted molar refractivity (Wildman–Crippen MR) is 82.3 cm³/mol. The Labute approximate surface area is 133 Å². The summed E-state index contributed by atoms with van der Waals surface area (Å²) in [5.41, 5.74) is 1.20. The molecule has 0 aliphatic carbocycles. The van der Waals surface area contributed by atoms with Gasteiger partial charge in [-0.2, -0.15) is 0 Å². The lowest BCUT2D eigenvalue weighted by molar-refractivity contribution is 0.103. The third kappa shape index (κ3) is 3.20. The lowest BCUT2D eigenvalue weighted by atomic mass is 10.1. The molecule has 0 aliphatic heterocycles. The van der Waals surface area contributed by atoms with Crippen molar-refractivity contribution in [3.8, 4) is 0 Å². The van der Waals surface area contributed by atoms with Crippen LogP contribution in [0.25, 0.3) is 0 Å². The topological polar surface area (TPSA) is 17.1 Å².